The lowest BCUT2D eigenvalue weighted by Gasteiger charge is -2.21. The monoisotopic (exact) mass is 390 g/mol. The number of anilines is 1. The Hall–Kier alpha value is -2.87. The van der Waals surface area contributed by atoms with E-state index in [1.807, 2.05) is 0 Å². The fraction of sp³-hybridized carbons (Fsp3) is 0.263. The second-order valence-electron chi connectivity index (χ2n) is 6.26. The number of carboxylic acids is 1. The summed E-state index contributed by atoms with van der Waals surface area (Å²) in [5.41, 5.74) is 0.680. The molecule has 144 valence electrons. The molecule has 1 atom stereocenters. The van der Waals surface area contributed by atoms with Crippen LogP contribution in [0.25, 0.3) is 0 Å². The Balaban J connectivity index is 2.28. The zero-order valence-electron chi connectivity index (χ0n) is 15.4. The molecule has 0 aliphatic heterocycles. The first-order valence-corrected chi connectivity index (χ1v) is 9.71. The lowest BCUT2D eigenvalue weighted by Crippen LogP contribution is -2.34. The van der Waals surface area contributed by atoms with Gasteiger partial charge in [0.05, 0.1) is 16.5 Å². The summed E-state index contributed by atoms with van der Waals surface area (Å²) in [7, 11) is -0.912. The van der Waals surface area contributed by atoms with Gasteiger partial charge in [-0.3, -0.25) is 13.9 Å². The van der Waals surface area contributed by atoms with Crippen LogP contribution < -0.4 is 4.31 Å². The summed E-state index contributed by atoms with van der Waals surface area (Å²) in [6.45, 7) is 1.52. The largest absolute Gasteiger partial charge is 0.481 e. The Morgan fingerprint density at radius 3 is 2.26 bits per heavy atom. The third kappa shape index (κ3) is 4.65. The maximum atomic E-state index is 12.9. The summed E-state index contributed by atoms with van der Waals surface area (Å²) in [4.78, 5) is 24.8. The molecule has 0 saturated heterocycles. The molecule has 0 bridgehead atoms. The minimum atomic E-state index is -3.84. The molecule has 0 aliphatic rings. The zero-order valence-corrected chi connectivity index (χ0v) is 16.2. The highest BCUT2D eigenvalue weighted by Crippen LogP contribution is 2.22. The Bertz CT molecular complexity index is 928. The normalized spacial score (nSPS) is 12.3. The van der Waals surface area contributed by atoms with E-state index in [4.69, 9.17) is 5.11 Å². The van der Waals surface area contributed by atoms with Crippen LogP contribution in [0.2, 0.25) is 0 Å². The molecule has 0 aliphatic carbocycles. The van der Waals surface area contributed by atoms with Gasteiger partial charge in [-0.15, -0.1) is 0 Å². The first-order valence-electron chi connectivity index (χ1n) is 8.27. The van der Waals surface area contributed by atoms with Gasteiger partial charge in [0.2, 0.25) is 0 Å². The highest BCUT2D eigenvalue weighted by molar-refractivity contribution is 7.92. The van der Waals surface area contributed by atoms with Crippen molar-refractivity contribution in [1.82, 2.24) is 4.90 Å². The Kier molecular flexibility index (Phi) is 6.22. The average molecular weight is 390 g/mol. The van der Waals surface area contributed by atoms with Crippen molar-refractivity contribution in [2.45, 2.75) is 11.8 Å². The predicted molar refractivity (Wildman–Crippen MR) is 102 cm³/mol. The zero-order chi connectivity index (χ0) is 20.2. The topological polar surface area (TPSA) is 95.0 Å². The van der Waals surface area contributed by atoms with Gasteiger partial charge in [-0.2, -0.15) is 0 Å². The standard InChI is InChI=1S/C19H22N2O5S/c1-14(19(23)24)13-20(2)18(22)15-8-7-11-17(12-15)27(25,26)21(3)16-9-5-4-6-10-16/h4-12,14H,13H2,1-3H3,(H,23,24). The van der Waals surface area contributed by atoms with E-state index in [9.17, 15) is 18.0 Å². The van der Waals surface area contributed by atoms with Crippen molar-refractivity contribution in [2.24, 2.45) is 5.92 Å². The number of aliphatic carboxylic acids is 1. The van der Waals surface area contributed by atoms with E-state index >= 15 is 0 Å². The molecule has 1 amide bonds. The van der Waals surface area contributed by atoms with Crippen molar-refractivity contribution in [1.29, 1.82) is 0 Å². The number of hydrogen-bond acceptors (Lipinski definition) is 4. The molecule has 1 unspecified atom stereocenters. The molecule has 27 heavy (non-hydrogen) atoms. The lowest BCUT2D eigenvalue weighted by molar-refractivity contribution is -0.141. The van der Waals surface area contributed by atoms with Crippen LogP contribution in [0.5, 0.6) is 0 Å². The molecule has 8 heteroatoms. The predicted octanol–water partition coefficient (Wildman–Crippen LogP) is 2.30. The van der Waals surface area contributed by atoms with E-state index in [2.05, 4.69) is 0 Å². The van der Waals surface area contributed by atoms with Gasteiger partial charge in [0.25, 0.3) is 15.9 Å². The fourth-order valence-corrected chi connectivity index (χ4v) is 3.76. The van der Waals surface area contributed by atoms with Crippen LogP contribution in [0.15, 0.2) is 59.5 Å². The van der Waals surface area contributed by atoms with Gasteiger partial charge in [-0.1, -0.05) is 31.2 Å². The van der Waals surface area contributed by atoms with E-state index in [1.54, 1.807) is 30.3 Å². The van der Waals surface area contributed by atoms with Crippen LogP contribution in [0.4, 0.5) is 5.69 Å². The quantitative estimate of drug-likeness (QED) is 0.783. The van der Waals surface area contributed by atoms with Crippen molar-refractivity contribution < 1.29 is 23.1 Å². The number of sulfonamides is 1. The molecule has 0 heterocycles. The first-order chi connectivity index (χ1) is 12.6. The Morgan fingerprint density at radius 2 is 1.67 bits per heavy atom. The van der Waals surface area contributed by atoms with Crippen molar-refractivity contribution in [3.63, 3.8) is 0 Å². The van der Waals surface area contributed by atoms with Gasteiger partial charge in [0.15, 0.2) is 0 Å². The van der Waals surface area contributed by atoms with Gasteiger partial charge in [0, 0.05) is 26.2 Å². The van der Waals surface area contributed by atoms with Gasteiger partial charge in [0.1, 0.15) is 0 Å². The number of carbonyl (C=O) groups excluding carboxylic acids is 1. The summed E-state index contributed by atoms with van der Waals surface area (Å²) in [5, 5.41) is 8.98. The van der Waals surface area contributed by atoms with E-state index in [0.29, 0.717) is 5.69 Å². The van der Waals surface area contributed by atoms with Gasteiger partial charge in [-0.25, -0.2) is 8.42 Å². The Labute approximate surface area is 158 Å². The summed E-state index contributed by atoms with van der Waals surface area (Å²) in [6.07, 6.45) is 0. The molecule has 0 radical (unpaired) electrons. The summed E-state index contributed by atoms with van der Waals surface area (Å²) >= 11 is 0. The number of nitrogens with zero attached hydrogens (tertiary/aromatic N) is 2. The number of carboxylic acid groups (broad SMARTS) is 1. The maximum absolute atomic E-state index is 12.9. The highest BCUT2D eigenvalue weighted by atomic mass is 32.2. The number of rotatable bonds is 7. The van der Waals surface area contributed by atoms with Crippen molar-refractivity contribution >= 4 is 27.6 Å². The maximum Gasteiger partial charge on any atom is 0.308 e. The number of benzene rings is 2. The average Bonchev–Trinajstić information content (AvgIpc) is 2.67. The molecule has 0 saturated carbocycles. The molecule has 2 aromatic rings. The van der Waals surface area contributed by atoms with Gasteiger partial charge >= 0.3 is 5.97 Å². The van der Waals surface area contributed by atoms with Crippen molar-refractivity contribution in [3.8, 4) is 0 Å². The smallest absolute Gasteiger partial charge is 0.308 e. The van der Waals surface area contributed by atoms with Gasteiger partial charge < -0.3 is 10.0 Å². The highest BCUT2D eigenvalue weighted by Gasteiger charge is 2.24. The lowest BCUT2D eigenvalue weighted by atomic mass is 10.1. The molecule has 1 N–H and O–H groups in total. The third-order valence-corrected chi connectivity index (χ3v) is 5.96. The van der Waals surface area contributed by atoms with E-state index < -0.39 is 27.8 Å². The summed E-state index contributed by atoms with van der Waals surface area (Å²) in [6, 6.07) is 14.3. The molecular formula is C19H22N2O5S. The van der Waals surface area contributed by atoms with Crippen LogP contribution in [0.1, 0.15) is 17.3 Å². The number of carbonyl (C=O) groups is 2. The summed E-state index contributed by atoms with van der Waals surface area (Å²) in [5.74, 6) is -2.17. The van der Waals surface area contributed by atoms with E-state index in [-0.39, 0.29) is 17.0 Å². The van der Waals surface area contributed by atoms with Crippen LogP contribution in [-0.2, 0) is 14.8 Å². The van der Waals surface area contributed by atoms with E-state index in [0.717, 1.165) is 4.31 Å². The third-order valence-electron chi connectivity index (χ3n) is 4.18. The van der Waals surface area contributed by atoms with Crippen LogP contribution in [0, 0.1) is 5.92 Å². The van der Waals surface area contributed by atoms with Crippen molar-refractivity contribution in [2.75, 3.05) is 24.9 Å². The molecule has 0 fully saturated rings. The van der Waals surface area contributed by atoms with Crippen LogP contribution in [0.3, 0.4) is 0 Å². The molecule has 2 rings (SSSR count). The van der Waals surface area contributed by atoms with Gasteiger partial charge in [-0.05, 0) is 30.3 Å². The molecule has 2 aromatic carbocycles. The van der Waals surface area contributed by atoms with Crippen LogP contribution >= 0.6 is 0 Å². The second-order valence-corrected chi connectivity index (χ2v) is 8.23. The molecule has 0 spiro atoms. The first kappa shape index (κ1) is 20.4. The van der Waals surface area contributed by atoms with Crippen LogP contribution in [-0.4, -0.2) is 50.9 Å². The van der Waals surface area contributed by atoms with Crippen molar-refractivity contribution in [3.05, 3.63) is 60.2 Å². The minimum absolute atomic E-state index is 0.0145. The molecule has 0 aromatic heterocycles. The minimum Gasteiger partial charge on any atom is -0.481 e. The molecular weight excluding hydrogens is 368 g/mol. The number of para-hydroxylation sites is 1. The fourth-order valence-electron chi connectivity index (χ4n) is 2.52. The second kappa shape index (κ2) is 8.22. The van der Waals surface area contributed by atoms with E-state index in [1.165, 1.54) is 50.2 Å². The SMILES string of the molecule is CC(CN(C)C(=O)c1cccc(S(=O)(=O)N(C)c2ccccc2)c1)C(=O)O. The Morgan fingerprint density at radius 1 is 1.04 bits per heavy atom. The summed E-state index contributed by atoms with van der Waals surface area (Å²) < 4.78 is 26.9. The molecule has 7 nitrogen and oxygen atoms in total. The number of amides is 1. The number of hydrogen-bond donors (Lipinski definition) is 1.